The van der Waals surface area contributed by atoms with Crippen molar-refractivity contribution >= 4 is 28.5 Å². The number of thiazole rings is 1. The molecule has 2 N–H and O–H groups in total. The van der Waals surface area contributed by atoms with Crippen molar-refractivity contribution < 1.29 is 14.3 Å². The molecule has 0 atom stereocenters. The summed E-state index contributed by atoms with van der Waals surface area (Å²) in [5.74, 6) is 0.128. The molecule has 1 aromatic heterocycles. The summed E-state index contributed by atoms with van der Waals surface area (Å²) in [6, 6.07) is 0.266. The Bertz CT molecular complexity index is 578. The molecule has 1 aliphatic heterocycles. The third-order valence-corrected chi connectivity index (χ3v) is 5.13. The number of piperidine rings is 1. The minimum absolute atomic E-state index is 0.128. The van der Waals surface area contributed by atoms with Crippen LogP contribution in [-0.2, 0) is 9.53 Å². The maximum atomic E-state index is 12.1. The van der Waals surface area contributed by atoms with Crippen molar-refractivity contribution in [3.63, 3.8) is 0 Å². The summed E-state index contributed by atoms with van der Waals surface area (Å²) in [4.78, 5) is 30.2. The van der Waals surface area contributed by atoms with Crippen LogP contribution in [0.25, 0.3) is 0 Å². The van der Waals surface area contributed by atoms with Gasteiger partial charge in [-0.2, -0.15) is 0 Å². The number of alkyl carbamates (subject to hydrolysis) is 1. The first-order valence-corrected chi connectivity index (χ1v) is 10.6. The van der Waals surface area contributed by atoms with Gasteiger partial charge in [0.25, 0.3) is 0 Å². The molecular weight excluding hydrogens is 364 g/mol. The SMILES string of the molecule is CC(C)(C)OC(=O)NCCCCCC(=O)NC1CCN(c2nccs2)CC1. The standard InChI is InChI=1S/C19H32N4O3S/c1-19(2,3)26-18(25)21-10-6-4-5-7-16(24)22-15-8-12-23(13-9-15)17-20-11-14-27-17/h11,14-15H,4-10,12-13H2,1-3H3,(H,21,25)(H,22,24). The number of ether oxygens (including phenoxy) is 1. The Kier molecular flexibility index (Phi) is 8.34. The molecule has 2 rings (SSSR count). The van der Waals surface area contributed by atoms with Crippen LogP contribution in [0.15, 0.2) is 11.6 Å². The summed E-state index contributed by atoms with van der Waals surface area (Å²) >= 11 is 1.66. The van der Waals surface area contributed by atoms with Gasteiger partial charge in [0.1, 0.15) is 5.60 Å². The zero-order chi connectivity index (χ0) is 19.7. The smallest absolute Gasteiger partial charge is 0.407 e. The molecule has 1 aromatic rings. The Morgan fingerprint density at radius 2 is 2.00 bits per heavy atom. The molecule has 8 heteroatoms. The first-order valence-electron chi connectivity index (χ1n) is 9.74. The van der Waals surface area contributed by atoms with Gasteiger partial charge in [-0.05, 0) is 46.5 Å². The summed E-state index contributed by atoms with van der Waals surface area (Å²) in [7, 11) is 0. The fraction of sp³-hybridized carbons (Fsp3) is 0.737. The van der Waals surface area contributed by atoms with Gasteiger partial charge < -0.3 is 20.3 Å². The lowest BCUT2D eigenvalue weighted by atomic mass is 10.0. The maximum Gasteiger partial charge on any atom is 0.407 e. The molecule has 0 aliphatic carbocycles. The molecule has 0 saturated carbocycles. The largest absolute Gasteiger partial charge is 0.444 e. The number of hydrogen-bond acceptors (Lipinski definition) is 6. The van der Waals surface area contributed by atoms with Crippen LogP contribution in [0.4, 0.5) is 9.93 Å². The molecule has 0 spiro atoms. The third-order valence-electron chi connectivity index (χ3n) is 4.30. The molecule has 27 heavy (non-hydrogen) atoms. The summed E-state index contributed by atoms with van der Waals surface area (Å²) in [5, 5.41) is 8.95. The summed E-state index contributed by atoms with van der Waals surface area (Å²) < 4.78 is 5.18. The zero-order valence-corrected chi connectivity index (χ0v) is 17.4. The number of nitrogens with one attached hydrogen (secondary N) is 2. The van der Waals surface area contributed by atoms with E-state index in [4.69, 9.17) is 4.74 Å². The molecule has 2 amide bonds. The van der Waals surface area contributed by atoms with Crippen molar-refractivity contribution in [3.8, 4) is 0 Å². The number of aromatic nitrogens is 1. The van der Waals surface area contributed by atoms with E-state index in [0.29, 0.717) is 13.0 Å². The first kappa shape index (κ1) is 21.5. The van der Waals surface area contributed by atoms with E-state index in [1.165, 1.54) is 0 Å². The lowest BCUT2D eigenvalue weighted by Gasteiger charge is -2.32. The Morgan fingerprint density at radius 3 is 2.63 bits per heavy atom. The van der Waals surface area contributed by atoms with Gasteiger partial charge in [0.05, 0.1) is 0 Å². The number of anilines is 1. The highest BCUT2D eigenvalue weighted by Gasteiger charge is 2.21. The van der Waals surface area contributed by atoms with Gasteiger partial charge in [0.15, 0.2) is 5.13 Å². The quantitative estimate of drug-likeness (QED) is 0.659. The van der Waals surface area contributed by atoms with Crippen LogP contribution in [0.3, 0.4) is 0 Å². The van der Waals surface area contributed by atoms with Gasteiger partial charge in [0.2, 0.25) is 5.91 Å². The van der Waals surface area contributed by atoms with Crippen molar-refractivity contribution in [2.45, 2.75) is 70.9 Å². The second-order valence-corrected chi connectivity index (χ2v) is 8.76. The molecular formula is C19H32N4O3S. The van der Waals surface area contributed by atoms with Crippen molar-refractivity contribution in [3.05, 3.63) is 11.6 Å². The topological polar surface area (TPSA) is 83.6 Å². The zero-order valence-electron chi connectivity index (χ0n) is 16.6. The molecule has 0 unspecified atom stereocenters. The molecule has 1 aliphatic rings. The van der Waals surface area contributed by atoms with E-state index in [9.17, 15) is 9.59 Å². The molecule has 2 heterocycles. The predicted molar refractivity (Wildman–Crippen MR) is 108 cm³/mol. The first-order chi connectivity index (χ1) is 12.8. The number of hydrogen-bond donors (Lipinski definition) is 2. The Hall–Kier alpha value is -1.83. The lowest BCUT2D eigenvalue weighted by molar-refractivity contribution is -0.122. The van der Waals surface area contributed by atoms with E-state index in [1.54, 1.807) is 11.3 Å². The van der Waals surface area contributed by atoms with Crippen LogP contribution in [0.2, 0.25) is 0 Å². The van der Waals surface area contributed by atoms with Crippen molar-refractivity contribution in [2.75, 3.05) is 24.5 Å². The number of nitrogens with zero attached hydrogens (tertiary/aromatic N) is 2. The van der Waals surface area contributed by atoms with Crippen LogP contribution in [0.5, 0.6) is 0 Å². The molecule has 0 bridgehead atoms. The van der Waals surface area contributed by atoms with E-state index in [1.807, 2.05) is 32.3 Å². The van der Waals surface area contributed by atoms with Gasteiger partial charge in [-0.3, -0.25) is 4.79 Å². The minimum Gasteiger partial charge on any atom is -0.444 e. The average molecular weight is 397 g/mol. The molecule has 0 aromatic carbocycles. The average Bonchev–Trinajstić information content (AvgIpc) is 3.11. The Labute approximate surface area is 165 Å². The third kappa shape index (κ3) is 8.60. The summed E-state index contributed by atoms with van der Waals surface area (Å²) in [6.07, 6.45) is 6.50. The van der Waals surface area contributed by atoms with Crippen molar-refractivity contribution in [2.24, 2.45) is 0 Å². The van der Waals surface area contributed by atoms with Gasteiger partial charge in [-0.15, -0.1) is 11.3 Å². The fourth-order valence-electron chi connectivity index (χ4n) is 2.98. The number of rotatable bonds is 8. The van der Waals surface area contributed by atoms with E-state index in [2.05, 4.69) is 20.5 Å². The fourth-order valence-corrected chi connectivity index (χ4v) is 3.68. The molecule has 1 fully saturated rings. The number of unbranched alkanes of at least 4 members (excludes halogenated alkanes) is 2. The van der Waals surface area contributed by atoms with Gasteiger partial charge in [-0.25, -0.2) is 9.78 Å². The molecule has 152 valence electrons. The van der Waals surface area contributed by atoms with Crippen LogP contribution in [-0.4, -0.2) is 48.3 Å². The van der Waals surface area contributed by atoms with Crippen LogP contribution >= 0.6 is 11.3 Å². The van der Waals surface area contributed by atoms with Gasteiger partial charge in [-0.1, -0.05) is 6.42 Å². The number of amides is 2. The van der Waals surface area contributed by atoms with Crippen molar-refractivity contribution in [1.29, 1.82) is 0 Å². The van der Waals surface area contributed by atoms with E-state index < -0.39 is 5.60 Å². The van der Waals surface area contributed by atoms with E-state index in [0.717, 1.165) is 50.3 Å². The van der Waals surface area contributed by atoms with Crippen LogP contribution in [0.1, 0.15) is 59.3 Å². The second-order valence-electron chi connectivity index (χ2n) is 7.88. The van der Waals surface area contributed by atoms with E-state index >= 15 is 0 Å². The summed E-state index contributed by atoms with van der Waals surface area (Å²) in [5.41, 5.74) is -0.474. The lowest BCUT2D eigenvalue weighted by Crippen LogP contribution is -2.44. The predicted octanol–water partition coefficient (Wildman–Crippen LogP) is 3.31. The van der Waals surface area contributed by atoms with Crippen molar-refractivity contribution in [1.82, 2.24) is 15.6 Å². The Morgan fingerprint density at radius 1 is 1.26 bits per heavy atom. The maximum absolute atomic E-state index is 12.1. The normalized spacial score (nSPS) is 15.4. The molecule has 7 nitrogen and oxygen atoms in total. The number of carbonyl (C=O) groups is 2. The van der Waals surface area contributed by atoms with Crippen LogP contribution < -0.4 is 15.5 Å². The van der Waals surface area contributed by atoms with E-state index in [-0.39, 0.29) is 18.0 Å². The molecule has 0 radical (unpaired) electrons. The highest BCUT2D eigenvalue weighted by Crippen LogP contribution is 2.22. The highest BCUT2D eigenvalue weighted by molar-refractivity contribution is 7.13. The van der Waals surface area contributed by atoms with Gasteiger partial charge >= 0.3 is 6.09 Å². The summed E-state index contributed by atoms with van der Waals surface area (Å²) in [6.45, 7) is 7.98. The highest BCUT2D eigenvalue weighted by atomic mass is 32.1. The van der Waals surface area contributed by atoms with Gasteiger partial charge in [0, 0.05) is 43.7 Å². The number of carbonyl (C=O) groups excluding carboxylic acids is 2. The molecule has 1 saturated heterocycles. The monoisotopic (exact) mass is 396 g/mol. The van der Waals surface area contributed by atoms with Crippen LogP contribution in [0, 0.1) is 0 Å². The minimum atomic E-state index is -0.474. The second kappa shape index (κ2) is 10.5. The Balaban J connectivity index is 1.49.